The van der Waals surface area contributed by atoms with Crippen molar-refractivity contribution < 1.29 is 0 Å². The Kier molecular flexibility index (Phi) is 2.20. The normalized spacial score (nSPS) is 29.1. The van der Waals surface area contributed by atoms with Gasteiger partial charge in [0.1, 0.15) is 0 Å². The van der Waals surface area contributed by atoms with Gasteiger partial charge in [0.25, 0.3) is 0 Å². The molecule has 120 valence electrons. The lowest BCUT2D eigenvalue weighted by molar-refractivity contribution is 0.367. The molecule has 2 saturated carbocycles. The van der Waals surface area contributed by atoms with Crippen LogP contribution in [0, 0.1) is 11.8 Å². The summed E-state index contributed by atoms with van der Waals surface area (Å²) in [7, 11) is 0. The maximum absolute atomic E-state index is 2.45. The fourth-order valence-electron chi connectivity index (χ4n) is 6.84. The van der Waals surface area contributed by atoms with E-state index in [2.05, 4.69) is 60.7 Å². The molecular formula is C25H20. The largest absolute Gasteiger partial charge is 0.0616 e. The highest BCUT2D eigenvalue weighted by Crippen LogP contribution is 2.65. The molecule has 2 bridgehead atoms. The lowest BCUT2D eigenvalue weighted by atomic mass is 9.66. The van der Waals surface area contributed by atoms with Gasteiger partial charge in [-0.3, -0.25) is 0 Å². The van der Waals surface area contributed by atoms with Crippen LogP contribution >= 0.6 is 0 Å². The molecule has 0 nitrogen and oxygen atoms in total. The first-order valence-corrected chi connectivity index (χ1v) is 9.78. The van der Waals surface area contributed by atoms with E-state index in [0.29, 0.717) is 0 Å². The number of rotatable bonds is 0. The summed E-state index contributed by atoms with van der Waals surface area (Å²) in [4.78, 5) is 0. The van der Waals surface area contributed by atoms with Gasteiger partial charge in [0.2, 0.25) is 0 Å². The smallest absolute Gasteiger partial charge is 0.00554 e. The standard InChI is InChI=1S/C25H20/c1-2-6-17-16(5-1)18-7-3-9-20-22-14-11-12-15(13-14)23(22)21-10-4-8-19(17)25(21)24(18)20/h1-10,14-15,22-23H,11-13H2/t14-,15+,22?,23?. The third-order valence-electron chi connectivity index (χ3n) is 7.59. The Morgan fingerprint density at radius 3 is 1.52 bits per heavy atom. The second kappa shape index (κ2) is 4.25. The van der Waals surface area contributed by atoms with E-state index >= 15 is 0 Å². The van der Waals surface area contributed by atoms with E-state index in [4.69, 9.17) is 0 Å². The summed E-state index contributed by atoms with van der Waals surface area (Å²) in [6, 6.07) is 23.2. The maximum Gasteiger partial charge on any atom is -0.00554 e. The zero-order valence-corrected chi connectivity index (χ0v) is 14.2. The van der Waals surface area contributed by atoms with Crippen molar-refractivity contribution in [2.45, 2.75) is 31.1 Å². The van der Waals surface area contributed by atoms with Gasteiger partial charge in [0.15, 0.2) is 0 Å². The van der Waals surface area contributed by atoms with Crippen molar-refractivity contribution in [2.75, 3.05) is 0 Å². The van der Waals surface area contributed by atoms with Gasteiger partial charge in [0, 0.05) is 0 Å². The summed E-state index contributed by atoms with van der Waals surface area (Å²) in [5, 5.41) is 8.92. The SMILES string of the molecule is c1ccc2c(c1)c1cccc3c1c1c(cccc21)C1C3[C@@H]2CC[C@H]1C2. The molecule has 0 N–H and O–H groups in total. The molecule has 0 spiro atoms. The minimum Gasteiger partial charge on any atom is -0.0616 e. The van der Waals surface area contributed by atoms with Gasteiger partial charge >= 0.3 is 0 Å². The molecule has 3 aliphatic rings. The van der Waals surface area contributed by atoms with E-state index in [1.54, 1.807) is 21.9 Å². The molecule has 0 aromatic heterocycles. The van der Waals surface area contributed by atoms with Gasteiger partial charge in [-0.15, -0.1) is 0 Å². The Morgan fingerprint density at radius 2 is 1.00 bits per heavy atom. The Balaban J connectivity index is 1.80. The first-order valence-electron chi connectivity index (χ1n) is 9.78. The van der Waals surface area contributed by atoms with Crippen LogP contribution < -0.4 is 0 Å². The van der Waals surface area contributed by atoms with Gasteiger partial charge in [-0.2, -0.15) is 0 Å². The van der Waals surface area contributed by atoms with Crippen molar-refractivity contribution in [3.8, 4) is 0 Å². The molecule has 2 fully saturated rings. The van der Waals surface area contributed by atoms with Gasteiger partial charge in [0.05, 0.1) is 0 Å². The van der Waals surface area contributed by atoms with Crippen molar-refractivity contribution in [1.29, 1.82) is 0 Å². The maximum atomic E-state index is 2.45. The fourth-order valence-corrected chi connectivity index (χ4v) is 6.84. The molecule has 4 aromatic carbocycles. The second-order valence-corrected chi connectivity index (χ2v) is 8.47. The molecule has 0 heterocycles. The van der Waals surface area contributed by atoms with Crippen LogP contribution in [0.3, 0.4) is 0 Å². The monoisotopic (exact) mass is 320 g/mol. The minimum absolute atomic E-state index is 0.765. The predicted octanol–water partition coefficient (Wildman–Crippen LogP) is 6.76. The van der Waals surface area contributed by atoms with Gasteiger partial charge in [-0.05, 0) is 86.4 Å². The van der Waals surface area contributed by atoms with Crippen LogP contribution in [-0.2, 0) is 0 Å². The fraction of sp³-hybridized carbons (Fsp3) is 0.280. The predicted molar refractivity (Wildman–Crippen MR) is 105 cm³/mol. The molecule has 25 heavy (non-hydrogen) atoms. The Morgan fingerprint density at radius 1 is 0.520 bits per heavy atom. The highest BCUT2D eigenvalue weighted by Gasteiger charge is 2.51. The average Bonchev–Trinajstić information content (AvgIpc) is 3.29. The van der Waals surface area contributed by atoms with E-state index in [1.807, 2.05) is 0 Å². The molecule has 0 amide bonds. The highest BCUT2D eigenvalue weighted by molar-refractivity contribution is 6.27. The molecule has 0 heteroatoms. The van der Waals surface area contributed by atoms with Gasteiger partial charge in [-0.1, -0.05) is 60.7 Å². The number of fused-ring (bicyclic) bond motifs is 10. The van der Waals surface area contributed by atoms with Crippen LogP contribution in [0.2, 0.25) is 0 Å². The zero-order valence-electron chi connectivity index (χ0n) is 14.2. The van der Waals surface area contributed by atoms with E-state index in [9.17, 15) is 0 Å². The third-order valence-corrected chi connectivity index (χ3v) is 7.59. The summed E-state index contributed by atoms with van der Waals surface area (Å²) in [5.41, 5.74) is 3.31. The van der Waals surface area contributed by atoms with Crippen molar-refractivity contribution >= 4 is 32.3 Å². The van der Waals surface area contributed by atoms with Crippen LogP contribution in [0.1, 0.15) is 42.2 Å². The molecule has 0 aliphatic heterocycles. The summed E-state index contributed by atoms with van der Waals surface area (Å²) in [6.07, 6.45) is 4.35. The van der Waals surface area contributed by atoms with E-state index < -0.39 is 0 Å². The van der Waals surface area contributed by atoms with Gasteiger partial charge < -0.3 is 0 Å². The van der Waals surface area contributed by atoms with Crippen LogP contribution in [-0.4, -0.2) is 0 Å². The molecule has 3 aliphatic carbocycles. The Labute approximate surface area is 147 Å². The summed E-state index contributed by atoms with van der Waals surface area (Å²) in [5.74, 6) is 3.36. The van der Waals surface area contributed by atoms with Crippen molar-refractivity contribution in [1.82, 2.24) is 0 Å². The lowest BCUT2D eigenvalue weighted by Gasteiger charge is -2.37. The molecule has 0 radical (unpaired) electrons. The molecule has 0 saturated heterocycles. The van der Waals surface area contributed by atoms with Crippen LogP contribution in [0.15, 0.2) is 60.7 Å². The van der Waals surface area contributed by atoms with Crippen molar-refractivity contribution in [3.05, 3.63) is 71.8 Å². The molecule has 7 rings (SSSR count). The molecule has 4 atom stereocenters. The zero-order chi connectivity index (χ0) is 16.1. The van der Waals surface area contributed by atoms with Crippen LogP contribution in [0.25, 0.3) is 32.3 Å². The number of hydrogen-bond donors (Lipinski definition) is 0. The average molecular weight is 320 g/mol. The third kappa shape index (κ3) is 1.39. The topological polar surface area (TPSA) is 0 Å². The summed E-state index contributed by atoms with van der Waals surface area (Å²) < 4.78 is 0. The first-order chi connectivity index (χ1) is 12.4. The molecule has 4 aromatic rings. The minimum atomic E-state index is 0.765. The highest BCUT2D eigenvalue weighted by atomic mass is 14.5. The van der Waals surface area contributed by atoms with E-state index in [1.165, 1.54) is 40.8 Å². The van der Waals surface area contributed by atoms with Gasteiger partial charge in [-0.25, -0.2) is 0 Å². The Bertz CT molecular complexity index is 1100. The van der Waals surface area contributed by atoms with Crippen molar-refractivity contribution in [2.24, 2.45) is 11.8 Å². The quantitative estimate of drug-likeness (QED) is 0.314. The number of hydrogen-bond acceptors (Lipinski definition) is 0. The summed E-state index contributed by atoms with van der Waals surface area (Å²) >= 11 is 0. The summed E-state index contributed by atoms with van der Waals surface area (Å²) in [6.45, 7) is 0. The molecule has 2 unspecified atom stereocenters. The van der Waals surface area contributed by atoms with E-state index in [0.717, 1.165) is 23.7 Å². The Hall–Kier alpha value is -2.34. The van der Waals surface area contributed by atoms with E-state index in [-0.39, 0.29) is 0 Å². The number of benzene rings is 4. The first kappa shape index (κ1) is 12.9. The second-order valence-electron chi connectivity index (χ2n) is 8.47. The van der Waals surface area contributed by atoms with Crippen LogP contribution in [0.5, 0.6) is 0 Å². The van der Waals surface area contributed by atoms with Crippen LogP contribution in [0.4, 0.5) is 0 Å². The van der Waals surface area contributed by atoms with Crippen molar-refractivity contribution in [3.63, 3.8) is 0 Å². The molecular weight excluding hydrogens is 300 g/mol. The lowest BCUT2D eigenvalue weighted by Crippen LogP contribution is -2.22.